The molecule has 1 atom stereocenters. The second-order valence-electron chi connectivity index (χ2n) is 4.36. The first-order valence-corrected chi connectivity index (χ1v) is 6.07. The predicted octanol–water partition coefficient (Wildman–Crippen LogP) is 2.58. The highest BCUT2D eigenvalue weighted by molar-refractivity contribution is 5.35. The van der Waals surface area contributed by atoms with Gasteiger partial charge in [-0.15, -0.1) is 0 Å². The highest BCUT2D eigenvalue weighted by Crippen LogP contribution is 2.24. The summed E-state index contributed by atoms with van der Waals surface area (Å²) in [6.07, 6.45) is 1.86. The summed E-state index contributed by atoms with van der Waals surface area (Å²) < 4.78 is 5.37. The molecular formula is C14H19N3O. The van der Waals surface area contributed by atoms with Crippen molar-refractivity contribution in [3.63, 3.8) is 0 Å². The molecule has 0 saturated carbocycles. The lowest BCUT2D eigenvalue weighted by Gasteiger charge is -2.17. The van der Waals surface area contributed by atoms with Gasteiger partial charge in [0.05, 0.1) is 13.3 Å². The van der Waals surface area contributed by atoms with Crippen LogP contribution < -0.4 is 10.1 Å². The Hall–Kier alpha value is -1.81. The summed E-state index contributed by atoms with van der Waals surface area (Å²) in [5.41, 5.74) is 3.47. The van der Waals surface area contributed by atoms with Crippen molar-refractivity contribution in [3.05, 3.63) is 47.3 Å². The first-order valence-electron chi connectivity index (χ1n) is 6.07. The minimum atomic E-state index is 0.232. The normalized spacial score (nSPS) is 12.4. The van der Waals surface area contributed by atoms with Gasteiger partial charge in [0, 0.05) is 29.4 Å². The maximum atomic E-state index is 5.37. The van der Waals surface area contributed by atoms with Crippen LogP contribution in [0.4, 0.5) is 0 Å². The summed E-state index contributed by atoms with van der Waals surface area (Å²) in [4.78, 5) is 0. The molecule has 2 N–H and O–H groups in total. The number of hydrogen-bond acceptors (Lipinski definition) is 3. The number of aromatic amines is 1. The van der Waals surface area contributed by atoms with E-state index in [4.69, 9.17) is 4.74 Å². The van der Waals surface area contributed by atoms with Gasteiger partial charge in [-0.05, 0) is 19.9 Å². The van der Waals surface area contributed by atoms with E-state index in [1.165, 1.54) is 11.1 Å². The Morgan fingerprint density at radius 2 is 2.17 bits per heavy atom. The predicted molar refractivity (Wildman–Crippen MR) is 71.6 cm³/mol. The molecule has 4 heteroatoms. The lowest BCUT2D eigenvalue weighted by atomic mass is 10.1. The van der Waals surface area contributed by atoms with Crippen LogP contribution in [-0.2, 0) is 6.54 Å². The highest BCUT2D eigenvalue weighted by atomic mass is 16.5. The lowest BCUT2D eigenvalue weighted by molar-refractivity contribution is 0.401. The summed E-state index contributed by atoms with van der Waals surface area (Å²) in [5.74, 6) is 0.918. The number of aryl methyl sites for hydroxylation is 1. The molecule has 0 spiro atoms. The molecule has 0 saturated heterocycles. The summed E-state index contributed by atoms with van der Waals surface area (Å²) in [6, 6.07) is 8.31. The fourth-order valence-electron chi connectivity index (χ4n) is 1.95. The zero-order valence-electron chi connectivity index (χ0n) is 11.0. The number of hydrogen-bond donors (Lipinski definition) is 2. The van der Waals surface area contributed by atoms with Gasteiger partial charge in [0.25, 0.3) is 0 Å². The molecule has 1 aromatic carbocycles. The molecule has 18 heavy (non-hydrogen) atoms. The Balaban J connectivity index is 2.03. The third-order valence-corrected chi connectivity index (χ3v) is 3.14. The van der Waals surface area contributed by atoms with E-state index >= 15 is 0 Å². The van der Waals surface area contributed by atoms with E-state index in [2.05, 4.69) is 28.5 Å². The number of nitrogens with zero attached hydrogens (tertiary/aromatic N) is 1. The first kappa shape index (κ1) is 12.6. The molecule has 0 aliphatic carbocycles. The average molecular weight is 245 g/mol. The van der Waals surface area contributed by atoms with Gasteiger partial charge in [-0.25, -0.2) is 0 Å². The molecule has 1 heterocycles. The number of benzene rings is 1. The van der Waals surface area contributed by atoms with Gasteiger partial charge in [-0.2, -0.15) is 5.10 Å². The van der Waals surface area contributed by atoms with Gasteiger partial charge in [0.15, 0.2) is 0 Å². The molecule has 1 unspecified atom stereocenters. The minimum absolute atomic E-state index is 0.232. The van der Waals surface area contributed by atoms with Crippen LogP contribution >= 0.6 is 0 Å². The minimum Gasteiger partial charge on any atom is -0.496 e. The molecule has 2 rings (SSSR count). The number of H-pyrrole nitrogens is 1. The molecule has 0 fully saturated rings. The van der Waals surface area contributed by atoms with Crippen LogP contribution in [0.15, 0.2) is 30.5 Å². The number of methoxy groups -OCH3 is 1. The standard InChI is InChI=1S/C14H19N3O/c1-10-12(9-16-17-10)8-15-11(2)13-6-4-5-7-14(13)18-3/h4-7,9,11,15H,8H2,1-3H3,(H,16,17). The summed E-state index contributed by atoms with van der Waals surface area (Å²) >= 11 is 0. The van der Waals surface area contributed by atoms with Gasteiger partial charge in [-0.3, -0.25) is 5.10 Å². The van der Waals surface area contributed by atoms with Crippen molar-refractivity contribution in [2.45, 2.75) is 26.4 Å². The Labute approximate surface area is 107 Å². The van der Waals surface area contributed by atoms with E-state index in [-0.39, 0.29) is 6.04 Å². The van der Waals surface area contributed by atoms with Gasteiger partial charge in [0.2, 0.25) is 0 Å². The van der Waals surface area contributed by atoms with E-state index in [0.29, 0.717) is 0 Å². The third-order valence-electron chi connectivity index (χ3n) is 3.14. The van der Waals surface area contributed by atoms with Gasteiger partial charge >= 0.3 is 0 Å². The summed E-state index contributed by atoms with van der Waals surface area (Å²) in [5, 5.41) is 10.4. The second kappa shape index (κ2) is 5.69. The Bertz CT molecular complexity index is 507. The van der Waals surface area contributed by atoms with Crippen molar-refractivity contribution in [3.8, 4) is 5.75 Å². The fourth-order valence-corrected chi connectivity index (χ4v) is 1.95. The van der Waals surface area contributed by atoms with Gasteiger partial charge in [0.1, 0.15) is 5.75 Å². The largest absolute Gasteiger partial charge is 0.496 e. The maximum Gasteiger partial charge on any atom is 0.123 e. The molecule has 0 radical (unpaired) electrons. The highest BCUT2D eigenvalue weighted by Gasteiger charge is 2.10. The quantitative estimate of drug-likeness (QED) is 0.851. The van der Waals surface area contributed by atoms with Crippen LogP contribution in [-0.4, -0.2) is 17.3 Å². The van der Waals surface area contributed by atoms with Crippen LogP contribution in [0.5, 0.6) is 5.75 Å². The van der Waals surface area contributed by atoms with Crippen LogP contribution in [0, 0.1) is 6.92 Å². The first-order chi connectivity index (χ1) is 8.72. The molecule has 0 aliphatic heterocycles. The zero-order valence-corrected chi connectivity index (χ0v) is 11.0. The number of para-hydroxylation sites is 1. The van der Waals surface area contributed by atoms with Crippen LogP contribution in [0.3, 0.4) is 0 Å². The van der Waals surface area contributed by atoms with Crippen molar-refractivity contribution in [2.75, 3.05) is 7.11 Å². The molecule has 0 bridgehead atoms. The fraction of sp³-hybridized carbons (Fsp3) is 0.357. The topological polar surface area (TPSA) is 49.9 Å². The number of nitrogens with one attached hydrogen (secondary N) is 2. The molecule has 0 aliphatic rings. The van der Waals surface area contributed by atoms with E-state index in [0.717, 1.165) is 18.0 Å². The Morgan fingerprint density at radius 3 is 2.83 bits per heavy atom. The molecular weight excluding hydrogens is 226 g/mol. The molecule has 0 amide bonds. The van der Waals surface area contributed by atoms with Gasteiger partial charge in [-0.1, -0.05) is 18.2 Å². The zero-order chi connectivity index (χ0) is 13.0. The summed E-state index contributed by atoms with van der Waals surface area (Å²) in [6.45, 7) is 4.95. The molecule has 2 aromatic rings. The third kappa shape index (κ3) is 2.71. The van der Waals surface area contributed by atoms with E-state index in [1.54, 1.807) is 7.11 Å². The molecule has 4 nitrogen and oxygen atoms in total. The van der Waals surface area contributed by atoms with Crippen molar-refractivity contribution in [1.29, 1.82) is 0 Å². The molecule has 1 aromatic heterocycles. The smallest absolute Gasteiger partial charge is 0.123 e. The van der Waals surface area contributed by atoms with E-state index < -0.39 is 0 Å². The average Bonchev–Trinajstić information content (AvgIpc) is 2.81. The van der Waals surface area contributed by atoms with Crippen LogP contribution in [0.1, 0.15) is 29.8 Å². The number of rotatable bonds is 5. The SMILES string of the molecule is COc1ccccc1C(C)NCc1cn[nH]c1C. The number of aromatic nitrogens is 2. The van der Waals surface area contributed by atoms with E-state index in [9.17, 15) is 0 Å². The second-order valence-corrected chi connectivity index (χ2v) is 4.36. The van der Waals surface area contributed by atoms with Crippen molar-refractivity contribution in [1.82, 2.24) is 15.5 Å². The van der Waals surface area contributed by atoms with Crippen molar-refractivity contribution in [2.24, 2.45) is 0 Å². The maximum absolute atomic E-state index is 5.37. The monoisotopic (exact) mass is 245 g/mol. The summed E-state index contributed by atoms with van der Waals surface area (Å²) in [7, 11) is 1.70. The number of ether oxygens (including phenoxy) is 1. The van der Waals surface area contributed by atoms with Crippen molar-refractivity contribution < 1.29 is 4.74 Å². The molecule has 96 valence electrons. The van der Waals surface area contributed by atoms with Crippen LogP contribution in [0.2, 0.25) is 0 Å². The lowest BCUT2D eigenvalue weighted by Crippen LogP contribution is -2.18. The van der Waals surface area contributed by atoms with Crippen molar-refractivity contribution >= 4 is 0 Å². The Kier molecular flexibility index (Phi) is 3.99. The van der Waals surface area contributed by atoms with Crippen LogP contribution in [0.25, 0.3) is 0 Å². The van der Waals surface area contributed by atoms with Gasteiger partial charge < -0.3 is 10.1 Å². The van der Waals surface area contributed by atoms with E-state index in [1.807, 2.05) is 31.3 Å². The Morgan fingerprint density at radius 1 is 1.39 bits per heavy atom.